The van der Waals surface area contributed by atoms with Gasteiger partial charge in [-0.25, -0.2) is 13.6 Å². The molecule has 3 amide bonds. The highest BCUT2D eigenvalue weighted by Crippen LogP contribution is 2.22. The Labute approximate surface area is 143 Å². The molecule has 25 heavy (non-hydrogen) atoms. The summed E-state index contributed by atoms with van der Waals surface area (Å²) >= 11 is 0. The zero-order valence-electron chi connectivity index (χ0n) is 13.6. The molecule has 2 aromatic carbocycles. The van der Waals surface area contributed by atoms with E-state index >= 15 is 0 Å². The van der Waals surface area contributed by atoms with E-state index in [1.54, 1.807) is 4.90 Å². The SMILES string of the molecule is Cc1ccc(N2CC(NC(=O)Nc3ccc(F)cc3F)CC2=O)cc1. The fraction of sp³-hybridized carbons (Fsp3) is 0.222. The number of carbonyl (C=O) groups is 2. The van der Waals surface area contributed by atoms with E-state index in [0.29, 0.717) is 12.6 Å². The highest BCUT2D eigenvalue weighted by molar-refractivity contribution is 5.97. The Morgan fingerprint density at radius 1 is 1.16 bits per heavy atom. The number of amides is 3. The first kappa shape index (κ1) is 16.9. The normalized spacial score (nSPS) is 16.8. The molecule has 3 rings (SSSR count). The Balaban J connectivity index is 1.61. The number of anilines is 2. The van der Waals surface area contributed by atoms with Crippen LogP contribution < -0.4 is 15.5 Å². The van der Waals surface area contributed by atoms with Crippen LogP contribution in [0.2, 0.25) is 0 Å². The third-order valence-electron chi connectivity index (χ3n) is 3.99. The largest absolute Gasteiger partial charge is 0.333 e. The Hall–Kier alpha value is -2.96. The molecular weight excluding hydrogens is 328 g/mol. The van der Waals surface area contributed by atoms with Crippen LogP contribution in [-0.4, -0.2) is 24.5 Å². The van der Waals surface area contributed by atoms with E-state index in [-0.39, 0.29) is 18.0 Å². The number of aryl methyl sites for hydroxylation is 1. The first-order chi connectivity index (χ1) is 11.9. The second kappa shape index (κ2) is 6.88. The smallest absolute Gasteiger partial charge is 0.319 e. The highest BCUT2D eigenvalue weighted by atomic mass is 19.1. The molecule has 1 unspecified atom stereocenters. The molecule has 1 atom stereocenters. The van der Waals surface area contributed by atoms with Gasteiger partial charge in [0.05, 0.1) is 11.7 Å². The minimum atomic E-state index is -0.862. The van der Waals surface area contributed by atoms with Gasteiger partial charge in [0, 0.05) is 24.7 Å². The Morgan fingerprint density at radius 3 is 2.56 bits per heavy atom. The zero-order valence-corrected chi connectivity index (χ0v) is 13.6. The second-order valence-electron chi connectivity index (χ2n) is 5.96. The van der Waals surface area contributed by atoms with Crippen molar-refractivity contribution in [2.75, 3.05) is 16.8 Å². The van der Waals surface area contributed by atoms with Crippen LogP contribution in [0.3, 0.4) is 0 Å². The van der Waals surface area contributed by atoms with Gasteiger partial charge in [0.2, 0.25) is 5.91 Å². The summed E-state index contributed by atoms with van der Waals surface area (Å²) in [4.78, 5) is 25.7. The molecule has 7 heteroatoms. The molecule has 1 aliphatic rings. The first-order valence-electron chi connectivity index (χ1n) is 7.82. The first-order valence-corrected chi connectivity index (χ1v) is 7.82. The molecule has 1 saturated heterocycles. The maximum absolute atomic E-state index is 13.6. The average molecular weight is 345 g/mol. The van der Waals surface area contributed by atoms with Crippen LogP contribution in [-0.2, 0) is 4.79 Å². The lowest BCUT2D eigenvalue weighted by molar-refractivity contribution is -0.117. The van der Waals surface area contributed by atoms with Crippen molar-refractivity contribution in [3.8, 4) is 0 Å². The fourth-order valence-electron chi connectivity index (χ4n) is 2.71. The number of nitrogens with zero attached hydrogens (tertiary/aromatic N) is 1. The number of rotatable bonds is 3. The van der Waals surface area contributed by atoms with Crippen molar-refractivity contribution in [1.82, 2.24) is 5.32 Å². The summed E-state index contributed by atoms with van der Waals surface area (Å²) in [6, 6.07) is 9.37. The molecule has 0 saturated carbocycles. The molecular formula is C18H17F2N3O2. The number of carbonyl (C=O) groups excluding carboxylic acids is 2. The topological polar surface area (TPSA) is 61.4 Å². The van der Waals surface area contributed by atoms with Crippen molar-refractivity contribution in [3.63, 3.8) is 0 Å². The zero-order chi connectivity index (χ0) is 18.0. The average Bonchev–Trinajstić information content (AvgIpc) is 2.91. The number of hydrogen-bond acceptors (Lipinski definition) is 2. The van der Waals surface area contributed by atoms with Crippen molar-refractivity contribution in [2.24, 2.45) is 0 Å². The van der Waals surface area contributed by atoms with E-state index in [2.05, 4.69) is 10.6 Å². The third kappa shape index (κ3) is 3.93. The van der Waals surface area contributed by atoms with Crippen molar-refractivity contribution in [1.29, 1.82) is 0 Å². The molecule has 130 valence electrons. The quantitative estimate of drug-likeness (QED) is 0.897. The van der Waals surface area contributed by atoms with Gasteiger partial charge in [-0.3, -0.25) is 4.79 Å². The second-order valence-corrected chi connectivity index (χ2v) is 5.96. The minimum Gasteiger partial charge on any atom is -0.333 e. The Kier molecular flexibility index (Phi) is 4.65. The van der Waals surface area contributed by atoms with Crippen LogP contribution in [0.4, 0.5) is 25.0 Å². The van der Waals surface area contributed by atoms with Gasteiger partial charge in [-0.1, -0.05) is 17.7 Å². The third-order valence-corrected chi connectivity index (χ3v) is 3.99. The molecule has 2 aromatic rings. The van der Waals surface area contributed by atoms with E-state index in [0.717, 1.165) is 23.4 Å². The fourth-order valence-corrected chi connectivity index (χ4v) is 2.71. The van der Waals surface area contributed by atoms with E-state index in [1.165, 1.54) is 0 Å². The lowest BCUT2D eigenvalue weighted by atomic mass is 10.2. The standard InChI is InChI=1S/C18H17F2N3O2/c1-11-2-5-14(6-3-11)23-10-13(9-17(23)24)21-18(25)22-16-7-4-12(19)8-15(16)20/h2-8,13H,9-10H2,1H3,(H2,21,22,25). The number of hydrogen-bond donors (Lipinski definition) is 2. The predicted octanol–water partition coefficient (Wildman–Crippen LogP) is 3.20. The Bertz CT molecular complexity index is 808. The monoisotopic (exact) mass is 345 g/mol. The molecule has 2 N–H and O–H groups in total. The number of benzene rings is 2. The van der Waals surface area contributed by atoms with Crippen LogP contribution >= 0.6 is 0 Å². The van der Waals surface area contributed by atoms with Gasteiger partial charge in [0.15, 0.2) is 0 Å². The Morgan fingerprint density at radius 2 is 1.88 bits per heavy atom. The van der Waals surface area contributed by atoms with E-state index < -0.39 is 23.7 Å². The summed E-state index contributed by atoms with van der Waals surface area (Å²) in [5.74, 6) is -1.68. The molecule has 5 nitrogen and oxygen atoms in total. The van der Waals surface area contributed by atoms with Gasteiger partial charge < -0.3 is 15.5 Å². The molecule has 1 aliphatic heterocycles. The summed E-state index contributed by atoms with van der Waals surface area (Å²) < 4.78 is 26.4. The van der Waals surface area contributed by atoms with E-state index in [9.17, 15) is 18.4 Å². The minimum absolute atomic E-state index is 0.0953. The molecule has 0 aromatic heterocycles. The predicted molar refractivity (Wildman–Crippen MR) is 90.4 cm³/mol. The number of halogens is 2. The molecule has 0 spiro atoms. The van der Waals surface area contributed by atoms with E-state index in [1.807, 2.05) is 31.2 Å². The van der Waals surface area contributed by atoms with E-state index in [4.69, 9.17) is 0 Å². The van der Waals surface area contributed by atoms with Gasteiger partial charge >= 0.3 is 6.03 Å². The number of nitrogens with one attached hydrogen (secondary N) is 2. The molecule has 1 heterocycles. The van der Waals surface area contributed by atoms with Gasteiger partial charge in [0.25, 0.3) is 0 Å². The lowest BCUT2D eigenvalue weighted by Crippen LogP contribution is -2.39. The van der Waals surface area contributed by atoms with Gasteiger partial charge in [-0.15, -0.1) is 0 Å². The maximum atomic E-state index is 13.6. The van der Waals surface area contributed by atoms with Crippen LogP contribution in [0.5, 0.6) is 0 Å². The van der Waals surface area contributed by atoms with Gasteiger partial charge in [0.1, 0.15) is 11.6 Å². The van der Waals surface area contributed by atoms with Crippen LogP contribution in [0, 0.1) is 18.6 Å². The molecule has 0 bridgehead atoms. The van der Waals surface area contributed by atoms with Crippen molar-refractivity contribution in [3.05, 3.63) is 59.7 Å². The number of urea groups is 1. The summed E-state index contributed by atoms with van der Waals surface area (Å²) in [5.41, 5.74) is 1.73. The summed E-state index contributed by atoms with van der Waals surface area (Å²) in [6.45, 7) is 2.29. The van der Waals surface area contributed by atoms with Crippen molar-refractivity contribution in [2.45, 2.75) is 19.4 Å². The van der Waals surface area contributed by atoms with Crippen LogP contribution in [0.15, 0.2) is 42.5 Å². The van der Waals surface area contributed by atoms with Crippen molar-refractivity contribution >= 4 is 23.3 Å². The summed E-state index contributed by atoms with van der Waals surface area (Å²) in [5, 5.41) is 4.96. The van der Waals surface area contributed by atoms with Crippen LogP contribution in [0.25, 0.3) is 0 Å². The summed E-state index contributed by atoms with van der Waals surface area (Å²) in [6.07, 6.45) is 0.160. The lowest BCUT2D eigenvalue weighted by Gasteiger charge is -2.17. The van der Waals surface area contributed by atoms with Gasteiger partial charge in [-0.05, 0) is 31.2 Å². The molecule has 0 aliphatic carbocycles. The van der Waals surface area contributed by atoms with Crippen molar-refractivity contribution < 1.29 is 18.4 Å². The summed E-state index contributed by atoms with van der Waals surface area (Å²) in [7, 11) is 0. The molecule has 0 radical (unpaired) electrons. The highest BCUT2D eigenvalue weighted by Gasteiger charge is 2.31. The maximum Gasteiger partial charge on any atom is 0.319 e. The van der Waals surface area contributed by atoms with Crippen LogP contribution in [0.1, 0.15) is 12.0 Å². The molecule has 1 fully saturated rings. The van der Waals surface area contributed by atoms with Gasteiger partial charge in [-0.2, -0.15) is 0 Å².